The highest BCUT2D eigenvalue weighted by Gasteiger charge is 2.28. The molecule has 2 rings (SSSR count). The van der Waals surface area contributed by atoms with Crippen LogP contribution in [0.4, 0.5) is 0 Å². The van der Waals surface area contributed by atoms with Gasteiger partial charge in [-0.2, -0.15) is 0 Å². The molecule has 1 atom stereocenters. The predicted molar refractivity (Wildman–Crippen MR) is 77.0 cm³/mol. The van der Waals surface area contributed by atoms with Crippen LogP contribution in [-0.4, -0.2) is 36.3 Å². The van der Waals surface area contributed by atoms with Gasteiger partial charge in [-0.3, -0.25) is 9.59 Å². The van der Waals surface area contributed by atoms with Crippen LogP contribution in [0.1, 0.15) is 28.8 Å². The lowest BCUT2D eigenvalue weighted by atomic mass is 9.96. The van der Waals surface area contributed by atoms with Gasteiger partial charge in [0.1, 0.15) is 0 Å². The summed E-state index contributed by atoms with van der Waals surface area (Å²) in [6.07, 6.45) is 2.26. The molecule has 2 amide bonds. The van der Waals surface area contributed by atoms with E-state index in [9.17, 15) is 9.59 Å². The third-order valence-corrected chi connectivity index (χ3v) is 3.77. The summed E-state index contributed by atoms with van der Waals surface area (Å²) < 4.78 is 0. The Morgan fingerprint density at radius 3 is 2.75 bits per heavy atom. The lowest BCUT2D eigenvalue weighted by Crippen LogP contribution is -2.44. The average Bonchev–Trinajstić information content (AvgIpc) is 2.47. The van der Waals surface area contributed by atoms with Gasteiger partial charge in [0.05, 0.1) is 5.92 Å². The summed E-state index contributed by atoms with van der Waals surface area (Å²) in [5.41, 5.74) is 12.6. The molecule has 0 saturated carbocycles. The Morgan fingerprint density at radius 1 is 1.30 bits per heavy atom. The minimum atomic E-state index is -0.322. The maximum atomic E-state index is 12.6. The van der Waals surface area contributed by atoms with E-state index >= 15 is 0 Å². The van der Waals surface area contributed by atoms with E-state index in [4.69, 9.17) is 11.5 Å². The molecule has 1 aliphatic heterocycles. The fraction of sp³-hybridized carbons (Fsp3) is 0.467. The molecule has 0 bridgehead atoms. The van der Waals surface area contributed by atoms with Gasteiger partial charge in [-0.15, -0.1) is 0 Å². The van der Waals surface area contributed by atoms with Crippen LogP contribution in [0.25, 0.3) is 0 Å². The van der Waals surface area contributed by atoms with Crippen molar-refractivity contribution in [2.75, 3.05) is 19.6 Å². The van der Waals surface area contributed by atoms with Crippen molar-refractivity contribution in [3.05, 3.63) is 35.4 Å². The molecule has 1 unspecified atom stereocenters. The molecule has 20 heavy (non-hydrogen) atoms. The molecule has 5 nitrogen and oxygen atoms in total. The monoisotopic (exact) mass is 275 g/mol. The molecule has 4 N–H and O–H groups in total. The van der Waals surface area contributed by atoms with Crippen LogP contribution < -0.4 is 11.5 Å². The van der Waals surface area contributed by atoms with Crippen LogP contribution >= 0.6 is 0 Å². The molecular weight excluding hydrogens is 254 g/mol. The van der Waals surface area contributed by atoms with Crippen LogP contribution in [0.3, 0.4) is 0 Å². The van der Waals surface area contributed by atoms with Crippen molar-refractivity contribution in [2.45, 2.75) is 19.3 Å². The maximum absolute atomic E-state index is 12.6. The summed E-state index contributed by atoms with van der Waals surface area (Å²) in [6, 6.07) is 7.50. The highest BCUT2D eigenvalue weighted by molar-refractivity contribution is 5.96. The third-order valence-electron chi connectivity index (χ3n) is 3.77. The number of piperidine rings is 1. The topological polar surface area (TPSA) is 89.4 Å². The minimum Gasteiger partial charge on any atom is -0.369 e. The standard InChI is InChI=1S/C15H21N3O2/c16-8-7-11-4-1-2-6-13(11)15(20)18-9-3-5-12(10-18)14(17)19/h1-2,4,6,12H,3,5,7-10,16H2,(H2,17,19). The van der Waals surface area contributed by atoms with E-state index < -0.39 is 0 Å². The zero-order valence-electron chi connectivity index (χ0n) is 11.5. The summed E-state index contributed by atoms with van der Waals surface area (Å²) in [5.74, 6) is -0.577. The van der Waals surface area contributed by atoms with Crippen LogP contribution in [0.15, 0.2) is 24.3 Å². The first kappa shape index (κ1) is 14.5. The van der Waals surface area contributed by atoms with Gasteiger partial charge in [0.15, 0.2) is 0 Å². The third kappa shape index (κ3) is 3.17. The lowest BCUT2D eigenvalue weighted by molar-refractivity contribution is -0.123. The van der Waals surface area contributed by atoms with E-state index in [1.165, 1.54) is 0 Å². The number of primary amides is 1. The molecule has 108 valence electrons. The van der Waals surface area contributed by atoms with Crippen LogP contribution in [0.5, 0.6) is 0 Å². The molecule has 1 aromatic carbocycles. The molecule has 5 heteroatoms. The number of carbonyl (C=O) groups is 2. The van der Waals surface area contributed by atoms with Gasteiger partial charge in [0, 0.05) is 18.7 Å². The highest BCUT2D eigenvalue weighted by atomic mass is 16.2. The minimum absolute atomic E-state index is 0.0278. The van der Waals surface area contributed by atoms with Gasteiger partial charge in [-0.25, -0.2) is 0 Å². The van der Waals surface area contributed by atoms with Gasteiger partial charge in [0.2, 0.25) is 5.91 Å². The van der Waals surface area contributed by atoms with Crippen molar-refractivity contribution < 1.29 is 9.59 Å². The number of carbonyl (C=O) groups excluding carboxylic acids is 2. The van der Waals surface area contributed by atoms with Crippen LogP contribution in [0, 0.1) is 5.92 Å². The first-order valence-electron chi connectivity index (χ1n) is 7.00. The number of benzene rings is 1. The zero-order chi connectivity index (χ0) is 14.5. The average molecular weight is 275 g/mol. The first-order chi connectivity index (χ1) is 9.63. The molecule has 1 aliphatic rings. The van der Waals surface area contributed by atoms with Crippen LogP contribution in [-0.2, 0) is 11.2 Å². The zero-order valence-corrected chi connectivity index (χ0v) is 11.5. The second kappa shape index (κ2) is 6.52. The Kier molecular flexibility index (Phi) is 4.74. The number of hydrogen-bond acceptors (Lipinski definition) is 3. The van der Waals surface area contributed by atoms with E-state index in [0.717, 1.165) is 18.4 Å². The van der Waals surface area contributed by atoms with Crippen molar-refractivity contribution in [3.8, 4) is 0 Å². The van der Waals surface area contributed by atoms with Gasteiger partial charge in [-0.05, 0) is 37.4 Å². The molecule has 0 radical (unpaired) electrons. The fourth-order valence-corrected chi connectivity index (χ4v) is 2.67. The molecule has 1 heterocycles. The summed E-state index contributed by atoms with van der Waals surface area (Å²) >= 11 is 0. The van der Waals surface area contributed by atoms with Crippen molar-refractivity contribution in [1.82, 2.24) is 4.90 Å². The molecule has 0 spiro atoms. The van der Waals surface area contributed by atoms with Gasteiger partial charge in [-0.1, -0.05) is 18.2 Å². The van der Waals surface area contributed by atoms with E-state index in [-0.39, 0.29) is 17.7 Å². The SMILES string of the molecule is NCCc1ccccc1C(=O)N1CCCC(C(N)=O)C1. The number of nitrogens with zero attached hydrogens (tertiary/aromatic N) is 1. The summed E-state index contributed by atoms with van der Waals surface area (Å²) in [7, 11) is 0. The first-order valence-corrected chi connectivity index (χ1v) is 7.00. The van der Waals surface area contributed by atoms with Crippen molar-refractivity contribution in [3.63, 3.8) is 0 Å². The van der Waals surface area contributed by atoms with E-state index in [2.05, 4.69) is 0 Å². The normalized spacial score (nSPS) is 18.9. The highest BCUT2D eigenvalue weighted by Crippen LogP contribution is 2.20. The fourth-order valence-electron chi connectivity index (χ4n) is 2.67. The van der Waals surface area contributed by atoms with E-state index in [1.54, 1.807) is 4.90 Å². The molecule has 0 aliphatic carbocycles. The molecule has 1 saturated heterocycles. The number of amides is 2. The smallest absolute Gasteiger partial charge is 0.254 e. The molecule has 1 aromatic rings. The summed E-state index contributed by atoms with van der Waals surface area (Å²) in [5, 5.41) is 0. The number of likely N-dealkylation sites (tertiary alicyclic amines) is 1. The quantitative estimate of drug-likeness (QED) is 0.839. The van der Waals surface area contributed by atoms with Crippen molar-refractivity contribution in [1.29, 1.82) is 0 Å². The molecule has 0 aromatic heterocycles. The Bertz CT molecular complexity index is 502. The number of nitrogens with two attached hydrogens (primary N) is 2. The van der Waals surface area contributed by atoms with E-state index in [1.807, 2.05) is 24.3 Å². The summed E-state index contributed by atoms with van der Waals surface area (Å²) in [4.78, 5) is 25.6. The predicted octanol–water partition coefficient (Wildman–Crippen LogP) is 0.525. The van der Waals surface area contributed by atoms with Crippen molar-refractivity contribution >= 4 is 11.8 Å². The van der Waals surface area contributed by atoms with Crippen molar-refractivity contribution in [2.24, 2.45) is 17.4 Å². The Morgan fingerprint density at radius 2 is 2.05 bits per heavy atom. The van der Waals surface area contributed by atoms with Crippen LogP contribution in [0.2, 0.25) is 0 Å². The molecular formula is C15H21N3O2. The molecule has 1 fully saturated rings. The van der Waals surface area contributed by atoms with Gasteiger partial charge < -0.3 is 16.4 Å². The largest absolute Gasteiger partial charge is 0.369 e. The van der Waals surface area contributed by atoms with Gasteiger partial charge in [0.25, 0.3) is 5.91 Å². The Hall–Kier alpha value is -1.88. The Labute approximate surface area is 118 Å². The number of hydrogen-bond donors (Lipinski definition) is 2. The maximum Gasteiger partial charge on any atom is 0.254 e. The lowest BCUT2D eigenvalue weighted by Gasteiger charge is -2.31. The number of rotatable bonds is 4. The Balaban J connectivity index is 2.16. The van der Waals surface area contributed by atoms with E-state index in [0.29, 0.717) is 31.6 Å². The summed E-state index contributed by atoms with van der Waals surface area (Å²) in [6.45, 7) is 1.61. The van der Waals surface area contributed by atoms with Gasteiger partial charge >= 0.3 is 0 Å². The second-order valence-electron chi connectivity index (χ2n) is 5.19. The second-order valence-corrected chi connectivity index (χ2v) is 5.19.